The lowest BCUT2D eigenvalue weighted by Crippen LogP contribution is -2.27. The van der Waals surface area contributed by atoms with Crippen LogP contribution in [0.1, 0.15) is 213 Å². The molecular formula is C44H84NO8P. The number of esters is 1. The molecule has 0 bridgehead atoms. The van der Waals surface area contributed by atoms with Gasteiger partial charge >= 0.3 is 13.8 Å². The third-order valence-electron chi connectivity index (χ3n) is 9.63. The predicted molar refractivity (Wildman–Crippen MR) is 224 cm³/mol. The Balaban J connectivity index is 3.58. The summed E-state index contributed by atoms with van der Waals surface area (Å²) in [5, 5.41) is 12.7. The van der Waals surface area contributed by atoms with E-state index in [1.807, 2.05) is 0 Å². The molecule has 0 aliphatic heterocycles. The van der Waals surface area contributed by atoms with Gasteiger partial charge in [0.2, 0.25) is 5.91 Å². The Bertz CT molecular complexity index is 944. The maximum atomic E-state index is 12.1. The molecule has 1 amide bonds. The minimum atomic E-state index is -4.41. The number of ether oxygens (including phenoxy) is 1. The van der Waals surface area contributed by atoms with Gasteiger partial charge in [-0.15, -0.1) is 0 Å². The van der Waals surface area contributed by atoms with E-state index in [0.29, 0.717) is 6.42 Å². The topological polar surface area (TPSA) is 131 Å². The number of phosphoric ester groups is 1. The highest BCUT2D eigenvalue weighted by Gasteiger charge is 2.23. The number of unbranched alkanes of at least 4 members (excludes halogenated alkanes) is 25. The molecule has 9 nitrogen and oxygen atoms in total. The molecule has 54 heavy (non-hydrogen) atoms. The van der Waals surface area contributed by atoms with E-state index in [-0.39, 0.29) is 32.1 Å². The van der Waals surface area contributed by atoms with Crippen LogP contribution in [0.4, 0.5) is 0 Å². The van der Waals surface area contributed by atoms with Gasteiger partial charge in [0.1, 0.15) is 12.7 Å². The second-order valence-corrected chi connectivity index (χ2v) is 16.5. The summed E-state index contributed by atoms with van der Waals surface area (Å²) >= 11 is 0. The van der Waals surface area contributed by atoms with Crippen molar-refractivity contribution in [1.29, 1.82) is 0 Å². The molecule has 0 spiro atoms. The third kappa shape index (κ3) is 41.6. The van der Waals surface area contributed by atoms with Gasteiger partial charge in [-0.2, -0.15) is 0 Å². The van der Waals surface area contributed by atoms with Crippen molar-refractivity contribution in [2.24, 2.45) is 0 Å². The molecule has 3 N–H and O–H groups in total. The highest BCUT2D eigenvalue weighted by atomic mass is 31.2. The van der Waals surface area contributed by atoms with Gasteiger partial charge in [0.05, 0.1) is 13.2 Å². The summed E-state index contributed by atoms with van der Waals surface area (Å²) in [5.41, 5.74) is 0. The monoisotopic (exact) mass is 786 g/mol. The number of aliphatic hydroxyl groups excluding tert-OH is 1. The minimum absolute atomic E-state index is 0.0848. The van der Waals surface area contributed by atoms with Gasteiger partial charge in [0.15, 0.2) is 0 Å². The number of hydrogen-bond donors (Lipinski definition) is 3. The quantitative estimate of drug-likeness (QED) is 0.0241. The van der Waals surface area contributed by atoms with E-state index in [4.69, 9.17) is 13.8 Å². The average Bonchev–Trinajstić information content (AvgIpc) is 3.16. The fourth-order valence-corrected chi connectivity index (χ4v) is 6.99. The van der Waals surface area contributed by atoms with Crippen LogP contribution in [-0.2, 0) is 27.9 Å². The van der Waals surface area contributed by atoms with Crippen molar-refractivity contribution in [2.75, 3.05) is 26.4 Å². The van der Waals surface area contributed by atoms with E-state index in [9.17, 15) is 24.2 Å². The molecule has 2 unspecified atom stereocenters. The summed E-state index contributed by atoms with van der Waals surface area (Å²) in [6.07, 6.45) is 43.9. The fourth-order valence-electron chi connectivity index (χ4n) is 6.23. The van der Waals surface area contributed by atoms with Gasteiger partial charge in [0, 0.05) is 19.4 Å². The van der Waals surface area contributed by atoms with E-state index >= 15 is 0 Å². The minimum Gasteiger partial charge on any atom is -0.463 e. The van der Waals surface area contributed by atoms with Crippen LogP contribution < -0.4 is 5.32 Å². The number of aliphatic hydroxyl groups is 1. The van der Waals surface area contributed by atoms with Crippen LogP contribution in [0, 0.1) is 0 Å². The number of amides is 1. The number of allylic oxidation sites excluding steroid dienone is 4. The second-order valence-electron chi connectivity index (χ2n) is 15.0. The van der Waals surface area contributed by atoms with Crippen molar-refractivity contribution in [2.45, 2.75) is 219 Å². The van der Waals surface area contributed by atoms with Crippen molar-refractivity contribution in [3.05, 3.63) is 24.3 Å². The Labute approximate surface area is 331 Å². The van der Waals surface area contributed by atoms with Crippen molar-refractivity contribution in [3.63, 3.8) is 0 Å². The number of hydrogen-bond acceptors (Lipinski definition) is 7. The summed E-state index contributed by atoms with van der Waals surface area (Å²) in [6.45, 7) is 3.55. The molecule has 0 heterocycles. The van der Waals surface area contributed by atoms with Crippen LogP contribution in [0.15, 0.2) is 24.3 Å². The summed E-state index contributed by atoms with van der Waals surface area (Å²) in [7, 11) is -4.41. The molecule has 0 rings (SSSR count). The predicted octanol–water partition coefficient (Wildman–Crippen LogP) is 12.4. The Morgan fingerprint density at radius 2 is 1.00 bits per heavy atom. The highest BCUT2D eigenvalue weighted by Crippen LogP contribution is 2.42. The normalized spacial score (nSPS) is 13.5. The smallest absolute Gasteiger partial charge is 0.463 e. The van der Waals surface area contributed by atoms with Crippen LogP contribution in [0.2, 0.25) is 0 Å². The first-order valence-corrected chi connectivity index (χ1v) is 23.8. The summed E-state index contributed by atoms with van der Waals surface area (Å²) < 4.78 is 26.9. The number of carbonyl (C=O) groups excluding carboxylic acids is 2. The molecule has 0 fully saturated rings. The van der Waals surface area contributed by atoms with Crippen LogP contribution >= 0.6 is 7.82 Å². The Morgan fingerprint density at radius 1 is 0.574 bits per heavy atom. The fraction of sp³-hybridized carbons (Fsp3) is 0.864. The molecular weight excluding hydrogens is 701 g/mol. The molecule has 318 valence electrons. The number of carbonyl (C=O) groups is 2. The molecule has 10 heteroatoms. The lowest BCUT2D eigenvalue weighted by molar-refractivity contribution is -0.147. The lowest BCUT2D eigenvalue weighted by atomic mass is 10.0. The van der Waals surface area contributed by atoms with Gasteiger partial charge in [0.25, 0.3) is 0 Å². The largest absolute Gasteiger partial charge is 0.472 e. The molecule has 0 aliphatic carbocycles. The molecule has 0 radical (unpaired) electrons. The van der Waals surface area contributed by atoms with Gasteiger partial charge in [-0.25, -0.2) is 4.57 Å². The molecule has 0 aromatic rings. The average molecular weight is 786 g/mol. The van der Waals surface area contributed by atoms with E-state index < -0.39 is 26.5 Å². The van der Waals surface area contributed by atoms with E-state index in [1.165, 1.54) is 141 Å². The molecule has 0 aromatic carbocycles. The van der Waals surface area contributed by atoms with Gasteiger partial charge in [-0.3, -0.25) is 18.6 Å². The highest BCUT2D eigenvalue weighted by molar-refractivity contribution is 7.47. The number of rotatable bonds is 42. The van der Waals surface area contributed by atoms with E-state index in [1.54, 1.807) is 0 Å². The van der Waals surface area contributed by atoms with Crippen LogP contribution in [0.3, 0.4) is 0 Å². The summed E-state index contributed by atoms with van der Waals surface area (Å²) in [4.78, 5) is 33.9. The first-order chi connectivity index (χ1) is 26.3. The van der Waals surface area contributed by atoms with Crippen LogP contribution in [0.5, 0.6) is 0 Å². The zero-order valence-electron chi connectivity index (χ0n) is 34.9. The van der Waals surface area contributed by atoms with Gasteiger partial charge in [-0.05, 0) is 44.9 Å². The van der Waals surface area contributed by atoms with E-state index in [0.717, 1.165) is 44.9 Å². The van der Waals surface area contributed by atoms with Crippen molar-refractivity contribution in [1.82, 2.24) is 5.32 Å². The Hall–Kier alpha value is -1.51. The van der Waals surface area contributed by atoms with E-state index in [2.05, 4.69) is 43.5 Å². The third-order valence-corrected chi connectivity index (χ3v) is 10.6. The summed E-state index contributed by atoms with van der Waals surface area (Å²) in [5.74, 6) is -0.514. The molecule has 0 saturated heterocycles. The van der Waals surface area contributed by atoms with Crippen molar-refractivity contribution < 1.29 is 37.9 Å². The second kappa shape index (κ2) is 41.1. The number of nitrogens with one attached hydrogen (secondary N) is 1. The van der Waals surface area contributed by atoms with Gasteiger partial charge in [-0.1, -0.05) is 179 Å². The Morgan fingerprint density at radius 3 is 1.52 bits per heavy atom. The Kier molecular flexibility index (Phi) is 40.0. The molecule has 2 atom stereocenters. The lowest BCUT2D eigenvalue weighted by Gasteiger charge is -2.15. The zero-order chi connectivity index (χ0) is 39.6. The summed E-state index contributed by atoms with van der Waals surface area (Å²) in [6, 6.07) is 0. The first kappa shape index (κ1) is 52.5. The maximum absolute atomic E-state index is 12.1. The van der Waals surface area contributed by atoms with Crippen LogP contribution in [-0.4, -0.2) is 54.3 Å². The zero-order valence-corrected chi connectivity index (χ0v) is 35.8. The standard InChI is InChI=1S/C44H84NO8P/c1-3-5-7-9-11-13-15-17-19-20-21-22-23-25-27-29-31-33-35-37-44(48)51-40-42(46)41-53-54(49,50)52-39-38-45-43(47)36-34-32-30-28-26-24-18-16-14-12-10-8-6-4-2/h11,13,17,19,42,46H,3-10,12,14-16,18,20-41H2,1-2H3,(H,45,47)(H,49,50)/b13-11-,19-17-. The van der Waals surface area contributed by atoms with Gasteiger partial charge < -0.3 is 20.1 Å². The maximum Gasteiger partial charge on any atom is 0.472 e. The number of phosphoric acid groups is 1. The SMILES string of the molecule is CCCCC/C=C\C/C=C\CCCCCCCCCCCC(=O)OCC(O)COP(=O)(O)OCCNC(=O)CCCCCCCCCCCCCCCC. The van der Waals surface area contributed by atoms with Crippen LogP contribution in [0.25, 0.3) is 0 Å². The first-order valence-electron chi connectivity index (χ1n) is 22.3. The molecule has 0 saturated carbocycles. The molecule has 0 aliphatic rings. The van der Waals surface area contributed by atoms with Crippen molar-refractivity contribution in [3.8, 4) is 0 Å². The molecule has 0 aromatic heterocycles. The van der Waals surface area contributed by atoms with Crippen molar-refractivity contribution >= 4 is 19.7 Å².